The molecule has 3 aromatic heterocycles. The van der Waals surface area contributed by atoms with Gasteiger partial charge < -0.3 is 14.9 Å². The molecule has 2 N–H and O–H groups in total. The molecular formula is C16H19N5O. The highest BCUT2D eigenvalue weighted by Gasteiger charge is 2.11. The largest absolute Gasteiger partial charge is 0.356 e. The van der Waals surface area contributed by atoms with E-state index >= 15 is 0 Å². The van der Waals surface area contributed by atoms with Crippen molar-refractivity contribution in [1.82, 2.24) is 24.8 Å². The number of H-pyrrole nitrogens is 1. The van der Waals surface area contributed by atoms with E-state index in [1.807, 2.05) is 23.8 Å². The van der Waals surface area contributed by atoms with Crippen LogP contribution >= 0.6 is 0 Å². The Hall–Kier alpha value is -2.63. The molecule has 3 rings (SSSR count). The maximum atomic E-state index is 11.5. The molecule has 0 bridgehead atoms. The number of pyridine rings is 1. The summed E-state index contributed by atoms with van der Waals surface area (Å²) in [5, 5.41) is 3.92. The van der Waals surface area contributed by atoms with Crippen LogP contribution in [0.5, 0.6) is 0 Å². The number of hydrogen-bond donors (Lipinski definition) is 2. The van der Waals surface area contributed by atoms with Gasteiger partial charge in [0.15, 0.2) is 0 Å². The van der Waals surface area contributed by atoms with Gasteiger partial charge >= 0.3 is 0 Å². The van der Waals surface area contributed by atoms with E-state index in [0.29, 0.717) is 19.4 Å². The van der Waals surface area contributed by atoms with Crippen LogP contribution in [-0.4, -0.2) is 32.0 Å². The zero-order valence-electron chi connectivity index (χ0n) is 12.6. The molecule has 0 radical (unpaired) electrons. The average molecular weight is 297 g/mol. The lowest BCUT2D eigenvalue weighted by molar-refractivity contribution is -0.121. The second kappa shape index (κ2) is 6.01. The molecular weight excluding hydrogens is 278 g/mol. The third kappa shape index (κ3) is 2.59. The molecule has 0 aromatic carbocycles. The van der Waals surface area contributed by atoms with E-state index in [1.165, 1.54) is 0 Å². The number of carbonyl (C=O) groups is 1. The van der Waals surface area contributed by atoms with Gasteiger partial charge in [-0.3, -0.25) is 4.79 Å². The highest BCUT2D eigenvalue weighted by Crippen LogP contribution is 2.24. The van der Waals surface area contributed by atoms with Gasteiger partial charge in [-0.2, -0.15) is 0 Å². The summed E-state index contributed by atoms with van der Waals surface area (Å²) in [5.41, 5.74) is 3.56. The molecule has 0 saturated heterocycles. The molecule has 6 nitrogen and oxygen atoms in total. The molecule has 3 heterocycles. The maximum Gasteiger partial charge on any atom is 0.219 e. The summed E-state index contributed by atoms with van der Waals surface area (Å²) in [5.74, 6) is 0.0861. The number of fused-ring (bicyclic) bond motifs is 3. The lowest BCUT2D eigenvalue weighted by Crippen LogP contribution is -2.24. The molecule has 0 atom stereocenters. The summed E-state index contributed by atoms with van der Waals surface area (Å²) in [6.45, 7) is 6.70. The third-order valence-electron chi connectivity index (χ3n) is 3.65. The van der Waals surface area contributed by atoms with E-state index in [4.69, 9.17) is 0 Å². The van der Waals surface area contributed by atoms with Crippen molar-refractivity contribution >= 4 is 33.7 Å². The van der Waals surface area contributed by atoms with E-state index in [0.717, 1.165) is 34.2 Å². The molecule has 0 fully saturated rings. The van der Waals surface area contributed by atoms with Crippen LogP contribution in [0.2, 0.25) is 0 Å². The molecule has 1 amide bonds. The first kappa shape index (κ1) is 14.3. The molecule has 0 aliphatic carbocycles. The van der Waals surface area contributed by atoms with Crippen LogP contribution in [0.1, 0.15) is 26.2 Å². The second-order valence-electron chi connectivity index (χ2n) is 5.26. The number of aromatic nitrogens is 4. The lowest BCUT2D eigenvalue weighted by Gasteiger charge is -2.09. The second-order valence-corrected chi connectivity index (χ2v) is 5.26. The van der Waals surface area contributed by atoms with Crippen LogP contribution in [-0.2, 0) is 4.79 Å². The SMILES string of the molecule is C=C(CCNC(=O)CCC)n1cnc2cnc3[nH]ccc3c21. The van der Waals surface area contributed by atoms with E-state index in [9.17, 15) is 4.79 Å². The van der Waals surface area contributed by atoms with Crippen molar-refractivity contribution in [2.75, 3.05) is 6.54 Å². The van der Waals surface area contributed by atoms with Gasteiger partial charge in [0.05, 0.1) is 11.7 Å². The number of rotatable bonds is 6. The average Bonchev–Trinajstić information content (AvgIpc) is 3.13. The first-order valence-electron chi connectivity index (χ1n) is 7.44. The van der Waals surface area contributed by atoms with E-state index < -0.39 is 0 Å². The minimum absolute atomic E-state index is 0.0861. The molecule has 0 saturated carbocycles. The van der Waals surface area contributed by atoms with Crippen LogP contribution in [0.4, 0.5) is 0 Å². The van der Waals surface area contributed by atoms with Crippen LogP contribution in [0, 0.1) is 0 Å². The Kier molecular flexibility index (Phi) is 3.91. The Morgan fingerprint density at radius 3 is 3.09 bits per heavy atom. The number of amides is 1. The highest BCUT2D eigenvalue weighted by molar-refractivity contribution is 6.02. The smallest absolute Gasteiger partial charge is 0.219 e. The molecule has 114 valence electrons. The molecule has 0 aliphatic rings. The third-order valence-corrected chi connectivity index (χ3v) is 3.65. The molecule has 0 spiro atoms. The number of nitrogens with one attached hydrogen (secondary N) is 2. The first-order chi connectivity index (χ1) is 10.7. The van der Waals surface area contributed by atoms with E-state index in [-0.39, 0.29) is 5.91 Å². The van der Waals surface area contributed by atoms with E-state index in [1.54, 1.807) is 12.5 Å². The van der Waals surface area contributed by atoms with Gasteiger partial charge in [-0.15, -0.1) is 0 Å². The Morgan fingerprint density at radius 1 is 1.41 bits per heavy atom. The van der Waals surface area contributed by atoms with Gasteiger partial charge in [0, 0.05) is 36.7 Å². The standard InChI is InChI=1S/C16H19N5O/c1-3-4-14(22)17-7-5-11(2)21-10-20-13-9-19-16-12(15(13)21)6-8-18-16/h6,8-10H,2-5,7H2,1H3,(H,17,22)(H,18,19). The summed E-state index contributed by atoms with van der Waals surface area (Å²) in [4.78, 5) is 23.3. The fourth-order valence-corrected chi connectivity index (χ4v) is 2.53. The van der Waals surface area contributed by atoms with Crippen LogP contribution < -0.4 is 5.32 Å². The summed E-state index contributed by atoms with van der Waals surface area (Å²) in [7, 11) is 0. The summed E-state index contributed by atoms with van der Waals surface area (Å²) < 4.78 is 1.97. The van der Waals surface area contributed by atoms with Gasteiger partial charge in [-0.25, -0.2) is 9.97 Å². The van der Waals surface area contributed by atoms with Crippen molar-refractivity contribution in [3.05, 3.63) is 31.4 Å². The van der Waals surface area contributed by atoms with Gasteiger partial charge in [-0.1, -0.05) is 13.5 Å². The zero-order valence-corrected chi connectivity index (χ0v) is 12.6. The fraction of sp³-hybridized carbons (Fsp3) is 0.312. The summed E-state index contributed by atoms with van der Waals surface area (Å²) in [6.07, 6.45) is 7.47. The predicted octanol–water partition coefficient (Wildman–Crippen LogP) is 2.69. The monoisotopic (exact) mass is 297 g/mol. The zero-order chi connectivity index (χ0) is 15.5. The first-order valence-corrected chi connectivity index (χ1v) is 7.44. The number of imidazole rings is 1. The molecule has 0 aliphatic heterocycles. The number of hydrogen-bond acceptors (Lipinski definition) is 3. The Labute approximate surface area is 128 Å². The maximum absolute atomic E-state index is 11.5. The van der Waals surface area contributed by atoms with Gasteiger partial charge in [0.1, 0.15) is 17.5 Å². The van der Waals surface area contributed by atoms with Crippen molar-refractivity contribution in [3.8, 4) is 0 Å². The quantitative estimate of drug-likeness (QED) is 0.734. The molecule has 22 heavy (non-hydrogen) atoms. The number of aromatic amines is 1. The highest BCUT2D eigenvalue weighted by atomic mass is 16.1. The Balaban J connectivity index is 1.79. The predicted molar refractivity (Wildman–Crippen MR) is 87.2 cm³/mol. The van der Waals surface area contributed by atoms with Gasteiger partial charge in [-0.05, 0) is 12.5 Å². The minimum atomic E-state index is 0.0861. The van der Waals surface area contributed by atoms with Crippen molar-refractivity contribution in [3.63, 3.8) is 0 Å². The van der Waals surface area contributed by atoms with Crippen molar-refractivity contribution in [1.29, 1.82) is 0 Å². The van der Waals surface area contributed by atoms with Crippen LogP contribution in [0.15, 0.2) is 31.4 Å². The lowest BCUT2D eigenvalue weighted by atomic mass is 10.2. The van der Waals surface area contributed by atoms with Crippen LogP contribution in [0.3, 0.4) is 0 Å². The minimum Gasteiger partial charge on any atom is -0.356 e. The van der Waals surface area contributed by atoms with Crippen molar-refractivity contribution < 1.29 is 4.79 Å². The molecule has 6 heteroatoms. The summed E-state index contributed by atoms with van der Waals surface area (Å²) >= 11 is 0. The Morgan fingerprint density at radius 2 is 2.27 bits per heavy atom. The fourth-order valence-electron chi connectivity index (χ4n) is 2.53. The van der Waals surface area contributed by atoms with Gasteiger partial charge in [0.2, 0.25) is 5.91 Å². The summed E-state index contributed by atoms with van der Waals surface area (Å²) in [6, 6.07) is 1.99. The topological polar surface area (TPSA) is 75.6 Å². The number of carbonyl (C=O) groups excluding carboxylic acids is 1. The Bertz CT molecular complexity index is 829. The number of nitrogens with zero attached hydrogens (tertiary/aromatic N) is 3. The van der Waals surface area contributed by atoms with E-state index in [2.05, 4.69) is 26.8 Å². The van der Waals surface area contributed by atoms with Crippen LogP contribution in [0.25, 0.3) is 27.8 Å². The van der Waals surface area contributed by atoms with Crippen molar-refractivity contribution in [2.24, 2.45) is 0 Å². The van der Waals surface area contributed by atoms with Crippen molar-refractivity contribution in [2.45, 2.75) is 26.2 Å². The normalized spacial score (nSPS) is 11.1. The van der Waals surface area contributed by atoms with Gasteiger partial charge in [0.25, 0.3) is 0 Å². The molecule has 0 unspecified atom stereocenters. The molecule has 3 aromatic rings.